The Labute approximate surface area is 219 Å². The molecule has 3 aromatic rings. The first-order chi connectivity index (χ1) is 18.0. The molecule has 2 aromatic carbocycles. The lowest BCUT2D eigenvalue weighted by atomic mass is 9.98. The van der Waals surface area contributed by atoms with Gasteiger partial charge < -0.3 is 14.9 Å². The smallest absolute Gasteiger partial charge is 0.227 e. The molecule has 0 bridgehead atoms. The van der Waals surface area contributed by atoms with Crippen LogP contribution in [-0.4, -0.2) is 53.7 Å². The lowest BCUT2D eigenvalue weighted by molar-refractivity contribution is -0.130. The fourth-order valence-electron chi connectivity index (χ4n) is 4.80. The third-order valence-electron chi connectivity index (χ3n) is 6.95. The number of aromatic nitrogens is 1. The van der Waals surface area contributed by atoms with Gasteiger partial charge >= 0.3 is 0 Å². The third-order valence-corrected chi connectivity index (χ3v) is 6.95. The number of hydrogen-bond acceptors (Lipinski definition) is 5. The number of pyridine rings is 1. The van der Waals surface area contributed by atoms with Gasteiger partial charge in [-0.25, -0.2) is 4.98 Å². The summed E-state index contributed by atoms with van der Waals surface area (Å²) in [5.41, 5.74) is 4.52. The highest BCUT2D eigenvalue weighted by molar-refractivity contribution is 5.92. The number of anilines is 1. The first kappa shape index (κ1) is 26.1. The zero-order chi connectivity index (χ0) is 26.2. The summed E-state index contributed by atoms with van der Waals surface area (Å²) in [7, 11) is 2.02. The van der Waals surface area contributed by atoms with Gasteiger partial charge in [-0.15, -0.1) is 0 Å². The van der Waals surface area contributed by atoms with Crippen molar-refractivity contribution in [1.82, 2.24) is 9.88 Å². The average Bonchev–Trinajstić information content (AvgIpc) is 3.36. The molecule has 0 spiro atoms. The van der Waals surface area contributed by atoms with Crippen LogP contribution in [-0.2, 0) is 11.2 Å². The second-order valence-corrected chi connectivity index (χ2v) is 9.56. The Morgan fingerprint density at radius 3 is 2.62 bits per heavy atom. The first-order valence-electron chi connectivity index (χ1n) is 12.9. The Morgan fingerprint density at radius 1 is 1.16 bits per heavy atom. The van der Waals surface area contributed by atoms with Crippen molar-refractivity contribution in [3.05, 3.63) is 84.0 Å². The van der Waals surface area contributed by atoms with E-state index in [0.29, 0.717) is 12.0 Å². The van der Waals surface area contributed by atoms with Gasteiger partial charge in [0.15, 0.2) is 0 Å². The van der Waals surface area contributed by atoms with Gasteiger partial charge in [0.25, 0.3) is 0 Å². The molecule has 2 heterocycles. The summed E-state index contributed by atoms with van der Waals surface area (Å²) in [6, 6.07) is 18.2. The Hall–Kier alpha value is -3.95. The monoisotopic (exact) mass is 494 g/mol. The van der Waals surface area contributed by atoms with E-state index in [1.165, 1.54) is 0 Å². The molecular weight excluding hydrogens is 460 g/mol. The number of likely N-dealkylation sites (tertiary alicyclic amines) is 1. The summed E-state index contributed by atoms with van der Waals surface area (Å²) in [5.74, 6) is 1.00. The average molecular weight is 495 g/mol. The maximum Gasteiger partial charge on any atom is 0.227 e. The molecule has 190 valence electrons. The number of benzene rings is 2. The number of nitrogens with zero attached hydrogens (tertiary/aromatic N) is 4. The van der Waals surface area contributed by atoms with Crippen molar-refractivity contribution in [3.8, 4) is 17.2 Å². The normalized spacial score (nSPS) is 15.6. The zero-order valence-electron chi connectivity index (χ0n) is 21.6. The summed E-state index contributed by atoms with van der Waals surface area (Å²) in [4.78, 5) is 22.3. The summed E-state index contributed by atoms with van der Waals surface area (Å²) in [6.45, 7) is 3.77. The number of aliphatic hydroxyl groups is 1. The molecule has 1 fully saturated rings. The predicted molar refractivity (Wildman–Crippen MR) is 149 cm³/mol. The third kappa shape index (κ3) is 6.44. The number of nitriles is 1. The highest BCUT2D eigenvalue weighted by Gasteiger charge is 2.25. The van der Waals surface area contributed by atoms with Crippen molar-refractivity contribution in [3.63, 3.8) is 0 Å². The van der Waals surface area contributed by atoms with E-state index in [-0.39, 0.29) is 18.6 Å². The van der Waals surface area contributed by atoms with Crippen molar-refractivity contribution >= 4 is 22.6 Å². The standard InChI is InChI=1S/C31H34N4O2/c1-23-9-8-17-35(23)31(37)21-27-20-30(34(2)16-6-4-3-5-7-18-36)33-29-15-14-26(19-28(27)29)25-12-10-24(22-32)11-13-25/h3-5,7,10-15,19-20,23,36H,6,8-9,16-18,21H2,1-2H3/b4-3-,7-5-. The highest BCUT2D eigenvalue weighted by atomic mass is 16.2. The van der Waals surface area contributed by atoms with Crippen LogP contribution in [0.4, 0.5) is 5.82 Å². The van der Waals surface area contributed by atoms with E-state index in [1.807, 2.05) is 60.5 Å². The van der Waals surface area contributed by atoms with Gasteiger partial charge in [-0.2, -0.15) is 5.26 Å². The van der Waals surface area contributed by atoms with Gasteiger partial charge in [-0.05, 0) is 73.2 Å². The van der Waals surface area contributed by atoms with E-state index in [9.17, 15) is 4.79 Å². The molecule has 6 nitrogen and oxygen atoms in total. The van der Waals surface area contributed by atoms with Gasteiger partial charge in [0.05, 0.1) is 30.2 Å². The molecule has 6 heteroatoms. The number of carbonyl (C=O) groups excluding carboxylic acids is 1. The van der Waals surface area contributed by atoms with E-state index in [1.54, 1.807) is 6.08 Å². The molecule has 1 atom stereocenters. The second kappa shape index (κ2) is 12.3. The summed E-state index contributed by atoms with van der Waals surface area (Å²) in [5, 5.41) is 19.0. The van der Waals surface area contributed by atoms with Crippen molar-refractivity contribution in [2.45, 2.75) is 38.6 Å². The van der Waals surface area contributed by atoms with E-state index >= 15 is 0 Å². The fourth-order valence-corrected chi connectivity index (χ4v) is 4.80. The minimum atomic E-state index is 0.0375. The van der Waals surface area contributed by atoms with Gasteiger partial charge in [-0.1, -0.05) is 42.5 Å². The second-order valence-electron chi connectivity index (χ2n) is 9.56. The van der Waals surface area contributed by atoms with Crippen LogP contribution >= 0.6 is 0 Å². The Bertz CT molecular complexity index is 1340. The van der Waals surface area contributed by atoms with Crippen LogP contribution in [0.25, 0.3) is 22.0 Å². The van der Waals surface area contributed by atoms with Crippen molar-refractivity contribution in [2.24, 2.45) is 0 Å². The Morgan fingerprint density at radius 2 is 1.92 bits per heavy atom. The number of carbonyl (C=O) groups is 1. The molecule has 1 aliphatic heterocycles. The Balaban J connectivity index is 1.66. The first-order valence-corrected chi connectivity index (χ1v) is 12.9. The summed E-state index contributed by atoms with van der Waals surface area (Å²) >= 11 is 0. The number of rotatable bonds is 9. The molecule has 0 saturated carbocycles. The number of fused-ring (bicyclic) bond motifs is 1. The maximum atomic E-state index is 13.3. The van der Waals surface area contributed by atoms with Crippen molar-refractivity contribution in [2.75, 3.05) is 31.6 Å². The molecule has 1 saturated heterocycles. The largest absolute Gasteiger partial charge is 0.392 e. The van der Waals surface area contributed by atoms with Crippen molar-refractivity contribution < 1.29 is 9.90 Å². The van der Waals surface area contributed by atoms with Gasteiger partial charge in [-0.3, -0.25) is 4.79 Å². The molecule has 0 aliphatic carbocycles. The van der Waals surface area contributed by atoms with E-state index in [0.717, 1.165) is 65.8 Å². The lowest BCUT2D eigenvalue weighted by Crippen LogP contribution is -2.34. The topological polar surface area (TPSA) is 80.5 Å². The van der Waals surface area contributed by atoms with Crippen LogP contribution in [0.1, 0.15) is 37.3 Å². The number of aliphatic hydroxyl groups excluding tert-OH is 1. The van der Waals surface area contributed by atoms with Gasteiger partial charge in [0.1, 0.15) is 5.82 Å². The molecule has 1 amide bonds. The minimum Gasteiger partial charge on any atom is -0.392 e. The maximum absolute atomic E-state index is 13.3. The van der Waals surface area contributed by atoms with Crippen LogP contribution in [0.5, 0.6) is 0 Å². The summed E-state index contributed by atoms with van der Waals surface area (Å²) < 4.78 is 0. The molecule has 1 unspecified atom stereocenters. The molecule has 1 aromatic heterocycles. The minimum absolute atomic E-state index is 0.0375. The summed E-state index contributed by atoms with van der Waals surface area (Å²) in [6.07, 6.45) is 10.8. The molecule has 4 rings (SSSR count). The van der Waals surface area contributed by atoms with Crippen LogP contribution in [0, 0.1) is 11.3 Å². The lowest BCUT2D eigenvalue weighted by Gasteiger charge is -2.23. The van der Waals surface area contributed by atoms with Crippen molar-refractivity contribution in [1.29, 1.82) is 5.26 Å². The Kier molecular flexibility index (Phi) is 8.71. The number of allylic oxidation sites excluding steroid dienone is 2. The molecule has 1 N–H and O–H groups in total. The molecule has 1 aliphatic rings. The highest BCUT2D eigenvalue weighted by Crippen LogP contribution is 2.30. The molecule has 37 heavy (non-hydrogen) atoms. The number of amides is 1. The van der Waals surface area contributed by atoms with E-state index in [4.69, 9.17) is 15.4 Å². The SMILES string of the molecule is CC1CCCN1C(=O)Cc1cc(N(C)CC/C=C\C=C/CO)nc2ccc(-c3ccc(C#N)cc3)cc12. The van der Waals surface area contributed by atoms with Crippen LogP contribution in [0.3, 0.4) is 0 Å². The van der Waals surface area contributed by atoms with Gasteiger partial charge in [0, 0.05) is 31.6 Å². The fraction of sp³-hybridized carbons (Fsp3) is 0.323. The number of hydrogen-bond donors (Lipinski definition) is 1. The van der Waals surface area contributed by atoms with Crippen LogP contribution in [0.15, 0.2) is 72.8 Å². The van der Waals surface area contributed by atoms with Crippen LogP contribution in [0.2, 0.25) is 0 Å². The van der Waals surface area contributed by atoms with Crippen LogP contribution < -0.4 is 4.90 Å². The molecule has 0 radical (unpaired) electrons. The van der Waals surface area contributed by atoms with E-state index in [2.05, 4.69) is 36.1 Å². The van der Waals surface area contributed by atoms with Gasteiger partial charge in [0.2, 0.25) is 5.91 Å². The zero-order valence-corrected chi connectivity index (χ0v) is 21.6. The predicted octanol–water partition coefficient (Wildman–Crippen LogP) is 5.26. The molecular formula is C31H34N4O2. The van der Waals surface area contributed by atoms with E-state index < -0.39 is 0 Å². The quantitative estimate of drug-likeness (QED) is 0.411.